The molecule has 1 aliphatic heterocycles. The Labute approximate surface area is 109 Å². The van der Waals surface area contributed by atoms with Gasteiger partial charge in [0.15, 0.2) is 9.84 Å². The Morgan fingerprint density at radius 3 is 2.59 bits per heavy atom. The molecular formula is C13H22O2S2. The summed E-state index contributed by atoms with van der Waals surface area (Å²) in [5, 5.41) is 3.30. The van der Waals surface area contributed by atoms with Crippen molar-refractivity contribution in [1.82, 2.24) is 0 Å². The minimum atomic E-state index is -2.92. The van der Waals surface area contributed by atoms with E-state index in [1.165, 1.54) is 43.9 Å². The molecule has 0 bridgehead atoms. The Morgan fingerprint density at radius 1 is 1.24 bits per heavy atom. The van der Waals surface area contributed by atoms with Crippen LogP contribution in [0.1, 0.15) is 45.4 Å². The maximum absolute atomic E-state index is 11.1. The first-order chi connectivity index (χ1) is 8.14. The Balaban J connectivity index is 2.02. The molecule has 0 saturated heterocycles. The number of hydrogen-bond acceptors (Lipinski definition) is 3. The van der Waals surface area contributed by atoms with Crippen LogP contribution in [-0.2, 0) is 9.84 Å². The van der Waals surface area contributed by atoms with Gasteiger partial charge in [-0.3, -0.25) is 0 Å². The molecule has 1 heterocycles. The van der Waals surface area contributed by atoms with Crippen molar-refractivity contribution in [3.63, 3.8) is 0 Å². The standard InChI is InChI=1S/C13H22O2S2/c1-2-3-4-5-6-7-9-16-11-13-8-10-17(14,15)12-13/h8,10-11H,2-7,9,12H2,1H3. The summed E-state index contributed by atoms with van der Waals surface area (Å²) in [7, 11) is -2.92. The van der Waals surface area contributed by atoms with Crippen LogP contribution in [0.25, 0.3) is 0 Å². The Morgan fingerprint density at radius 2 is 1.94 bits per heavy atom. The summed E-state index contributed by atoms with van der Waals surface area (Å²) in [6.45, 7) is 2.23. The third-order valence-electron chi connectivity index (χ3n) is 2.71. The molecular weight excluding hydrogens is 252 g/mol. The highest BCUT2D eigenvalue weighted by Gasteiger charge is 2.14. The van der Waals surface area contributed by atoms with Gasteiger partial charge in [-0.25, -0.2) is 8.42 Å². The molecule has 0 atom stereocenters. The van der Waals surface area contributed by atoms with Crippen molar-refractivity contribution < 1.29 is 8.42 Å². The number of unbranched alkanes of at least 4 members (excludes halogenated alkanes) is 5. The first kappa shape index (κ1) is 14.8. The summed E-state index contributed by atoms with van der Waals surface area (Å²) >= 11 is 1.74. The largest absolute Gasteiger partial charge is 0.224 e. The van der Waals surface area contributed by atoms with Crippen LogP contribution >= 0.6 is 11.8 Å². The van der Waals surface area contributed by atoms with Gasteiger partial charge in [0.05, 0.1) is 5.75 Å². The highest BCUT2D eigenvalue weighted by atomic mass is 32.2. The maximum Gasteiger partial charge on any atom is 0.175 e. The fraction of sp³-hybridized carbons (Fsp3) is 0.692. The number of allylic oxidation sites excluding steroid dienone is 1. The van der Waals surface area contributed by atoms with E-state index in [2.05, 4.69) is 6.92 Å². The Bertz CT molecular complexity index is 367. The topological polar surface area (TPSA) is 34.1 Å². The molecule has 98 valence electrons. The molecule has 4 heteroatoms. The minimum Gasteiger partial charge on any atom is -0.224 e. The lowest BCUT2D eigenvalue weighted by Crippen LogP contribution is -1.95. The van der Waals surface area contributed by atoms with Crippen molar-refractivity contribution in [3.8, 4) is 0 Å². The van der Waals surface area contributed by atoms with E-state index in [1.54, 1.807) is 17.8 Å². The Kier molecular flexibility index (Phi) is 6.97. The van der Waals surface area contributed by atoms with Gasteiger partial charge in [0.2, 0.25) is 0 Å². The molecule has 17 heavy (non-hydrogen) atoms. The van der Waals surface area contributed by atoms with E-state index in [0.717, 1.165) is 11.3 Å². The summed E-state index contributed by atoms with van der Waals surface area (Å²) in [5.74, 6) is 1.29. The summed E-state index contributed by atoms with van der Waals surface area (Å²) < 4.78 is 22.3. The molecule has 0 saturated carbocycles. The molecule has 0 spiro atoms. The van der Waals surface area contributed by atoms with Crippen molar-refractivity contribution in [2.24, 2.45) is 0 Å². The molecule has 0 aromatic heterocycles. The molecule has 0 aromatic rings. The average Bonchev–Trinajstić information content (AvgIpc) is 2.62. The predicted octanol–water partition coefficient (Wildman–Crippen LogP) is 3.91. The fourth-order valence-corrected chi connectivity index (χ4v) is 3.82. The lowest BCUT2D eigenvalue weighted by molar-refractivity contribution is 0.608. The SMILES string of the molecule is CCCCCCCCSC=C1C=CS(=O)(=O)C1. The molecule has 1 aliphatic rings. The van der Waals surface area contributed by atoms with Crippen LogP contribution in [-0.4, -0.2) is 19.9 Å². The number of rotatable bonds is 8. The molecule has 0 radical (unpaired) electrons. The summed E-state index contributed by atoms with van der Waals surface area (Å²) in [6.07, 6.45) is 9.56. The Hall–Kier alpha value is -0.220. The van der Waals surface area contributed by atoms with Crippen molar-refractivity contribution >= 4 is 21.6 Å². The van der Waals surface area contributed by atoms with E-state index < -0.39 is 9.84 Å². The lowest BCUT2D eigenvalue weighted by Gasteiger charge is -1.99. The molecule has 0 N–H and O–H groups in total. The monoisotopic (exact) mass is 274 g/mol. The zero-order valence-corrected chi connectivity index (χ0v) is 12.2. The van der Waals surface area contributed by atoms with Gasteiger partial charge in [-0.2, -0.15) is 0 Å². The van der Waals surface area contributed by atoms with E-state index in [4.69, 9.17) is 0 Å². The normalized spacial score (nSPS) is 20.2. The molecule has 0 fully saturated rings. The van der Waals surface area contributed by atoms with Gasteiger partial charge in [0.1, 0.15) is 0 Å². The first-order valence-electron chi connectivity index (χ1n) is 6.35. The third kappa shape index (κ3) is 6.94. The van der Waals surface area contributed by atoms with Gasteiger partial charge in [0.25, 0.3) is 0 Å². The van der Waals surface area contributed by atoms with E-state index in [0.29, 0.717) is 0 Å². The van der Waals surface area contributed by atoms with E-state index in [-0.39, 0.29) is 5.75 Å². The first-order valence-corrected chi connectivity index (χ1v) is 9.12. The second-order valence-corrected chi connectivity index (χ2v) is 7.31. The molecule has 0 aliphatic carbocycles. The zero-order chi connectivity index (χ0) is 12.6. The summed E-state index contributed by atoms with van der Waals surface area (Å²) in [6, 6.07) is 0. The van der Waals surface area contributed by atoms with Gasteiger partial charge in [-0.05, 0) is 29.2 Å². The second-order valence-electron chi connectivity index (χ2n) is 4.44. The third-order valence-corrected chi connectivity index (χ3v) is 4.99. The van der Waals surface area contributed by atoms with Crippen LogP contribution in [0, 0.1) is 0 Å². The van der Waals surface area contributed by atoms with E-state index >= 15 is 0 Å². The molecule has 0 unspecified atom stereocenters. The van der Waals surface area contributed by atoms with Crippen molar-refractivity contribution in [1.29, 1.82) is 0 Å². The highest BCUT2D eigenvalue weighted by Crippen LogP contribution is 2.19. The molecule has 0 amide bonds. The van der Waals surface area contributed by atoms with Crippen molar-refractivity contribution in [2.45, 2.75) is 45.4 Å². The summed E-state index contributed by atoms with van der Waals surface area (Å²) in [5.41, 5.74) is 0.931. The molecule has 2 nitrogen and oxygen atoms in total. The van der Waals surface area contributed by atoms with Gasteiger partial charge in [-0.1, -0.05) is 39.0 Å². The quantitative estimate of drug-likeness (QED) is 0.629. The highest BCUT2D eigenvalue weighted by molar-refractivity contribution is 8.02. The van der Waals surface area contributed by atoms with Crippen LogP contribution in [0.2, 0.25) is 0 Å². The number of thioether (sulfide) groups is 1. The van der Waals surface area contributed by atoms with E-state index in [1.807, 2.05) is 5.41 Å². The maximum atomic E-state index is 11.1. The average molecular weight is 274 g/mol. The molecule has 0 aromatic carbocycles. The molecule has 1 rings (SSSR count). The van der Waals surface area contributed by atoms with Crippen LogP contribution in [0.3, 0.4) is 0 Å². The van der Waals surface area contributed by atoms with Crippen molar-refractivity contribution in [2.75, 3.05) is 11.5 Å². The predicted molar refractivity (Wildman–Crippen MR) is 76.8 cm³/mol. The van der Waals surface area contributed by atoms with Gasteiger partial charge in [0, 0.05) is 5.41 Å². The van der Waals surface area contributed by atoms with Crippen LogP contribution in [0.4, 0.5) is 0 Å². The van der Waals surface area contributed by atoms with Crippen LogP contribution < -0.4 is 0 Å². The van der Waals surface area contributed by atoms with Crippen LogP contribution in [0.15, 0.2) is 22.5 Å². The number of sulfone groups is 1. The second kappa shape index (κ2) is 7.98. The lowest BCUT2D eigenvalue weighted by atomic mass is 10.1. The minimum absolute atomic E-state index is 0.191. The van der Waals surface area contributed by atoms with Crippen molar-refractivity contribution in [3.05, 3.63) is 22.5 Å². The fourth-order valence-electron chi connectivity index (χ4n) is 1.72. The smallest absolute Gasteiger partial charge is 0.175 e. The van der Waals surface area contributed by atoms with Gasteiger partial charge in [-0.15, -0.1) is 11.8 Å². The van der Waals surface area contributed by atoms with Crippen LogP contribution in [0.5, 0.6) is 0 Å². The zero-order valence-electron chi connectivity index (χ0n) is 10.5. The number of hydrogen-bond donors (Lipinski definition) is 0. The van der Waals surface area contributed by atoms with Gasteiger partial charge >= 0.3 is 0 Å². The van der Waals surface area contributed by atoms with Gasteiger partial charge < -0.3 is 0 Å². The van der Waals surface area contributed by atoms with E-state index in [9.17, 15) is 8.42 Å². The summed E-state index contributed by atoms with van der Waals surface area (Å²) in [4.78, 5) is 0.